The molecule has 4 N–H and O–H groups in total. The van der Waals surface area contributed by atoms with Crippen LogP contribution in [-0.2, 0) is 9.53 Å². The topological polar surface area (TPSA) is 152 Å². The van der Waals surface area contributed by atoms with Crippen molar-refractivity contribution in [3.05, 3.63) is 47.1 Å². The van der Waals surface area contributed by atoms with Crippen LogP contribution in [0.1, 0.15) is 26.5 Å². The van der Waals surface area contributed by atoms with Crippen molar-refractivity contribution in [1.82, 2.24) is 19.5 Å². The van der Waals surface area contributed by atoms with Gasteiger partial charge in [-0.25, -0.2) is 19.3 Å². The van der Waals surface area contributed by atoms with Crippen molar-refractivity contribution >= 4 is 22.9 Å². The standard InChI is InChI=1S/C18H19N5O6.C2H6/c24-7-12-11(25)6-14(29-12)23-17-15(22-18(23)27)16(19-9-20-17)21-13(26)8-28-10-4-2-1-3-5-10;1-2/h1-5,9,11-12,14,24-25H,6-8H2,(H,22,27)(H,19,20,21,26);1-2H3/t11-,12?,14-;/m1./s1. The van der Waals surface area contributed by atoms with Crippen LogP contribution in [0.3, 0.4) is 0 Å². The van der Waals surface area contributed by atoms with Gasteiger partial charge >= 0.3 is 5.69 Å². The molecule has 31 heavy (non-hydrogen) atoms. The highest BCUT2D eigenvalue weighted by molar-refractivity contribution is 5.97. The van der Waals surface area contributed by atoms with E-state index in [0.717, 1.165) is 0 Å². The van der Waals surface area contributed by atoms with Crippen molar-refractivity contribution < 1.29 is 24.5 Å². The molecule has 3 heterocycles. The van der Waals surface area contributed by atoms with Crippen molar-refractivity contribution in [2.75, 3.05) is 18.5 Å². The highest BCUT2D eigenvalue weighted by atomic mass is 16.5. The van der Waals surface area contributed by atoms with Gasteiger partial charge in [0, 0.05) is 6.42 Å². The van der Waals surface area contributed by atoms with Crippen molar-refractivity contribution in [3.8, 4) is 5.75 Å². The number of para-hydroxylation sites is 1. The number of imidazole rings is 1. The number of carbonyl (C=O) groups is 1. The molecule has 0 spiro atoms. The Hall–Kier alpha value is -3.28. The molecule has 1 amide bonds. The smallest absolute Gasteiger partial charge is 0.329 e. The first-order chi connectivity index (χ1) is 15.1. The summed E-state index contributed by atoms with van der Waals surface area (Å²) >= 11 is 0. The molecule has 166 valence electrons. The molecule has 1 aliphatic heterocycles. The zero-order chi connectivity index (χ0) is 22.4. The first kappa shape index (κ1) is 22.4. The monoisotopic (exact) mass is 431 g/mol. The Morgan fingerprint density at radius 1 is 1.32 bits per heavy atom. The van der Waals surface area contributed by atoms with Gasteiger partial charge in [-0.2, -0.15) is 0 Å². The maximum atomic E-state index is 12.5. The number of hydrogen-bond acceptors (Lipinski definition) is 8. The van der Waals surface area contributed by atoms with Crippen molar-refractivity contribution in [2.45, 2.75) is 38.7 Å². The van der Waals surface area contributed by atoms with Crippen molar-refractivity contribution in [2.24, 2.45) is 0 Å². The number of aliphatic hydroxyl groups excluding tert-OH is 2. The Labute approximate surface area is 177 Å². The summed E-state index contributed by atoms with van der Waals surface area (Å²) in [6.45, 7) is 3.39. The van der Waals surface area contributed by atoms with Gasteiger partial charge in [-0.15, -0.1) is 0 Å². The molecule has 4 rings (SSSR count). The molecule has 0 radical (unpaired) electrons. The third-order valence-corrected chi connectivity index (χ3v) is 4.55. The van der Waals surface area contributed by atoms with Crippen LogP contribution < -0.4 is 15.7 Å². The lowest BCUT2D eigenvalue weighted by Gasteiger charge is -2.13. The molecule has 1 aliphatic rings. The SMILES string of the molecule is CC.O=C(COc1ccccc1)Nc1ncnc2c1[nH]c(=O)n2[C@H]1C[C@@H](O)C(CO)O1. The van der Waals surface area contributed by atoms with E-state index in [1.807, 2.05) is 19.9 Å². The number of aliphatic hydroxyl groups is 2. The number of carbonyl (C=O) groups excluding carboxylic acids is 1. The van der Waals surface area contributed by atoms with Crippen LogP contribution in [0.2, 0.25) is 0 Å². The lowest BCUT2D eigenvalue weighted by molar-refractivity contribution is -0.118. The maximum Gasteiger partial charge on any atom is 0.329 e. The second kappa shape index (κ2) is 10.2. The molecular weight excluding hydrogens is 406 g/mol. The molecule has 1 saturated heterocycles. The van der Waals surface area contributed by atoms with Crippen molar-refractivity contribution in [1.29, 1.82) is 0 Å². The van der Waals surface area contributed by atoms with Crippen LogP contribution in [0.15, 0.2) is 41.5 Å². The maximum absolute atomic E-state index is 12.5. The van der Waals surface area contributed by atoms with E-state index in [1.54, 1.807) is 24.3 Å². The summed E-state index contributed by atoms with van der Waals surface area (Å²) in [5.74, 6) is 0.200. The number of H-pyrrole nitrogens is 1. The largest absolute Gasteiger partial charge is 0.484 e. The number of benzene rings is 1. The predicted molar refractivity (Wildman–Crippen MR) is 112 cm³/mol. The summed E-state index contributed by atoms with van der Waals surface area (Å²) in [4.78, 5) is 35.4. The van der Waals surface area contributed by atoms with Gasteiger partial charge in [0.1, 0.15) is 29.9 Å². The molecule has 0 aliphatic carbocycles. The number of aromatic nitrogens is 4. The lowest BCUT2D eigenvalue weighted by atomic mass is 10.2. The average Bonchev–Trinajstić information content (AvgIpc) is 3.33. The third-order valence-electron chi connectivity index (χ3n) is 4.55. The highest BCUT2D eigenvalue weighted by Crippen LogP contribution is 2.30. The van der Waals surface area contributed by atoms with E-state index >= 15 is 0 Å². The first-order valence-corrected chi connectivity index (χ1v) is 9.94. The van der Waals surface area contributed by atoms with Gasteiger partial charge in [-0.3, -0.25) is 4.79 Å². The summed E-state index contributed by atoms with van der Waals surface area (Å²) in [6.07, 6.45) is -1.17. The van der Waals surface area contributed by atoms with E-state index < -0.39 is 30.0 Å². The van der Waals surface area contributed by atoms with Gasteiger partial charge in [0.05, 0.1) is 12.7 Å². The van der Waals surface area contributed by atoms with E-state index in [0.29, 0.717) is 5.75 Å². The molecule has 0 saturated carbocycles. The van der Waals surface area contributed by atoms with Crippen molar-refractivity contribution in [3.63, 3.8) is 0 Å². The number of fused-ring (bicyclic) bond motifs is 1. The summed E-state index contributed by atoms with van der Waals surface area (Å²) in [5.41, 5.74) is -0.108. The second-order valence-corrected chi connectivity index (χ2v) is 6.49. The molecule has 0 bridgehead atoms. The molecule has 1 aromatic carbocycles. The van der Waals surface area contributed by atoms with Crippen LogP contribution in [0.5, 0.6) is 5.75 Å². The Kier molecular flexibility index (Phi) is 7.34. The van der Waals surface area contributed by atoms with Gasteiger partial charge in [-0.1, -0.05) is 32.0 Å². The number of nitrogens with one attached hydrogen (secondary N) is 2. The molecule has 1 fully saturated rings. The fourth-order valence-electron chi connectivity index (χ4n) is 3.17. The van der Waals surface area contributed by atoms with Crippen LogP contribution in [0.4, 0.5) is 5.82 Å². The van der Waals surface area contributed by atoms with Crippen LogP contribution in [0, 0.1) is 0 Å². The predicted octanol–water partition coefficient (Wildman–Crippen LogP) is 0.804. The number of rotatable bonds is 6. The number of hydrogen-bond donors (Lipinski definition) is 4. The quantitative estimate of drug-likeness (QED) is 0.447. The van der Waals surface area contributed by atoms with E-state index in [1.165, 1.54) is 10.9 Å². The van der Waals surface area contributed by atoms with E-state index in [9.17, 15) is 19.8 Å². The fourth-order valence-corrected chi connectivity index (χ4v) is 3.17. The van der Waals surface area contributed by atoms with E-state index in [4.69, 9.17) is 9.47 Å². The van der Waals surface area contributed by atoms with Gasteiger partial charge in [0.25, 0.3) is 5.91 Å². The van der Waals surface area contributed by atoms with Crippen LogP contribution in [0.25, 0.3) is 11.2 Å². The number of aromatic amines is 1. The minimum Gasteiger partial charge on any atom is -0.484 e. The van der Waals surface area contributed by atoms with E-state index in [2.05, 4.69) is 20.3 Å². The van der Waals surface area contributed by atoms with Crippen LogP contribution >= 0.6 is 0 Å². The first-order valence-electron chi connectivity index (χ1n) is 9.94. The zero-order valence-corrected chi connectivity index (χ0v) is 17.2. The Morgan fingerprint density at radius 3 is 2.74 bits per heavy atom. The zero-order valence-electron chi connectivity index (χ0n) is 17.2. The van der Waals surface area contributed by atoms with E-state index in [-0.39, 0.29) is 36.6 Å². The van der Waals surface area contributed by atoms with Crippen LogP contribution in [-0.4, -0.2) is 61.1 Å². The Balaban J connectivity index is 0.00000132. The normalized spacial score (nSPS) is 20.2. The van der Waals surface area contributed by atoms with Gasteiger partial charge in [0.2, 0.25) is 0 Å². The number of amides is 1. The second-order valence-electron chi connectivity index (χ2n) is 6.49. The Morgan fingerprint density at radius 2 is 2.06 bits per heavy atom. The molecule has 11 nitrogen and oxygen atoms in total. The molecule has 11 heteroatoms. The minimum atomic E-state index is -0.905. The molecule has 3 atom stereocenters. The number of anilines is 1. The highest BCUT2D eigenvalue weighted by Gasteiger charge is 2.36. The molecule has 1 unspecified atom stereocenters. The lowest BCUT2D eigenvalue weighted by Crippen LogP contribution is -2.25. The molecule has 2 aromatic heterocycles. The minimum absolute atomic E-state index is 0.116. The molecule has 3 aromatic rings. The van der Waals surface area contributed by atoms with Gasteiger partial charge in [-0.05, 0) is 12.1 Å². The van der Waals surface area contributed by atoms with Gasteiger partial charge in [0.15, 0.2) is 18.1 Å². The number of nitrogens with zero attached hydrogens (tertiary/aromatic N) is 3. The molecular formula is C20H25N5O6. The average molecular weight is 431 g/mol. The summed E-state index contributed by atoms with van der Waals surface area (Å²) < 4.78 is 12.2. The fraction of sp³-hybridized carbons (Fsp3) is 0.400. The number of ether oxygens (including phenoxy) is 2. The summed E-state index contributed by atoms with van der Waals surface area (Å²) in [5, 5.41) is 21.8. The summed E-state index contributed by atoms with van der Waals surface area (Å²) in [6, 6.07) is 8.87. The third kappa shape index (κ3) is 4.90. The Bertz CT molecular complexity index is 1070. The summed E-state index contributed by atoms with van der Waals surface area (Å²) in [7, 11) is 0. The van der Waals surface area contributed by atoms with Gasteiger partial charge < -0.3 is 30.0 Å².